The number of ketones is 2. The fourth-order valence-electron chi connectivity index (χ4n) is 10.1. The number of rotatable bonds is 8. The first kappa shape index (κ1) is 42.9. The van der Waals surface area contributed by atoms with E-state index in [1.807, 2.05) is 0 Å². The molecule has 4 aliphatic rings. The van der Waals surface area contributed by atoms with Crippen LogP contribution in [0.15, 0.2) is 60.7 Å². The SMILES string of the molecule is CC(=O)O[C@@]12CO[C@@H]1C[C@H](O)[C@@]1(C)C(=O)C(=O)C3C(C)[C@@H](OC(=O)[C@H](C)[C@@H](NC(=O)OC(C)(C)C)c4ccccc4)C[C@@](O)([C@@H](OC(=O)c4ccccc4)C12)C3(C)C. The molecular weight excluding hydrogens is 750 g/mol. The Hall–Kier alpha value is -4.66. The van der Waals surface area contributed by atoms with E-state index in [1.165, 1.54) is 26.0 Å². The molecule has 58 heavy (non-hydrogen) atoms. The van der Waals surface area contributed by atoms with Gasteiger partial charge in [-0.25, -0.2) is 9.59 Å². The Morgan fingerprint density at radius 2 is 1.55 bits per heavy atom. The fourth-order valence-corrected chi connectivity index (χ4v) is 10.1. The van der Waals surface area contributed by atoms with Gasteiger partial charge in [0.1, 0.15) is 29.5 Å². The molecule has 3 N–H and O–H groups in total. The first-order valence-corrected chi connectivity index (χ1v) is 19.8. The molecule has 0 aromatic heterocycles. The van der Waals surface area contributed by atoms with Crippen molar-refractivity contribution in [3.05, 3.63) is 71.8 Å². The van der Waals surface area contributed by atoms with Crippen LogP contribution in [0.5, 0.6) is 0 Å². The Bertz CT molecular complexity index is 1940. The number of aliphatic hydroxyl groups excluding tert-OH is 1. The topological polar surface area (TPSA) is 201 Å². The summed E-state index contributed by atoms with van der Waals surface area (Å²) in [5.41, 5.74) is -7.73. The summed E-state index contributed by atoms with van der Waals surface area (Å²) in [7, 11) is 0. The smallest absolute Gasteiger partial charge is 0.408 e. The van der Waals surface area contributed by atoms with Gasteiger partial charge in [0.2, 0.25) is 11.6 Å². The highest BCUT2D eigenvalue weighted by molar-refractivity contribution is 6.40. The molecule has 14 heteroatoms. The van der Waals surface area contributed by atoms with Crippen molar-refractivity contribution in [2.24, 2.45) is 34.5 Å². The molecule has 2 aromatic rings. The van der Waals surface area contributed by atoms with Gasteiger partial charge in [0.15, 0.2) is 5.60 Å². The van der Waals surface area contributed by atoms with Crippen molar-refractivity contribution >= 4 is 35.6 Å². The van der Waals surface area contributed by atoms with Crippen LogP contribution in [-0.2, 0) is 42.9 Å². The molecule has 0 spiro atoms. The van der Waals surface area contributed by atoms with Gasteiger partial charge in [-0.15, -0.1) is 0 Å². The van der Waals surface area contributed by atoms with E-state index in [0.29, 0.717) is 5.56 Å². The minimum Gasteiger partial charge on any atom is -0.462 e. The minimum absolute atomic E-state index is 0.108. The molecule has 6 rings (SSSR count). The molecule has 4 fully saturated rings. The van der Waals surface area contributed by atoms with Gasteiger partial charge in [0.25, 0.3) is 0 Å². The summed E-state index contributed by atoms with van der Waals surface area (Å²) >= 11 is 0. The first-order chi connectivity index (χ1) is 27.0. The predicted molar refractivity (Wildman–Crippen MR) is 206 cm³/mol. The van der Waals surface area contributed by atoms with Crippen LogP contribution in [-0.4, -0.2) is 93.6 Å². The van der Waals surface area contributed by atoms with E-state index in [4.69, 9.17) is 23.7 Å². The van der Waals surface area contributed by atoms with Gasteiger partial charge in [-0.05, 0) is 52.3 Å². The Morgan fingerprint density at radius 1 is 0.948 bits per heavy atom. The summed E-state index contributed by atoms with van der Waals surface area (Å²) in [6.45, 7) is 13.8. The number of hydrogen-bond acceptors (Lipinski definition) is 13. The normalized spacial score (nSPS) is 34.9. The average molecular weight is 806 g/mol. The maximum absolute atomic E-state index is 14.9. The number of benzene rings is 2. The number of carbonyl (C=O) groups is 6. The Kier molecular flexibility index (Phi) is 11.2. The van der Waals surface area contributed by atoms with Crippen LogP contribution in [0.25, 0.3) is 0 Å². The van der Waals surface area contributed by atoms with Crippen LogP contribution in [0.1, 0.15) is 97.1 Å². The molecule has 2 bridgehead atoms. The van der Waals surface area contributed by atoms with Gasteiger partial charge in [-0.2, -0.15) is 0 Å². The third kappa shape index (κ3) is 7.10. The lowest BCUT2D eigenvalue weighted by Gasteiger charge is -2.67. The van der Waals surface area contributed by atoms with Crippen LogP contribution in [0.3, 0.4) is 0 Å². The highest BCUT2D eigenvalue weighted by Crippen LogP contribution is 2.64. The van der Waals surface area contributed by atoms with Crippen molar-refractivity contribution in [2.45, 2.75) is 122 Å². The lowest BCUT2D eigenvalue weighted by Crippen LogP contribution is -2.82. The number of ether oxygens (including phenoxy) is 5. The van der Waals surface area contributed by atoms with Gasteiger partial charge >= 0.3 is 24.0 Å². The van der Waals surface area contributed by atoms with Gasteiger partial charge < -0.3 is 39.2 Å². The zero-order valence-corrected chi connectivity index (χ0v) is 34.5. The highest BCUT2D eigenvalue weighted by Gasteiger charge is 2.79. The molecule has 3 unspecified atom stereocenters. The number of hydrogen-bond donors (Lipinski definition) is 3. The molecule has 14 nitrogen and oxygen atoms in total. The first-order valence-electron chi connectivity index (χ1n) is 19.8. The lowest BCUT2D eigenvalue weighted by atomic mass is 9.42. The predicted octanol–water partition coefficient (Wildman–Crippen LogP) is 4.68. The number of nitrogens with one attached hydrogen (secondary N) is 1. The van der Waals surface area contributed by atoms with Crippen LogP contribution < -0.4 is 5.32 Å². The summed E-state index contributed by atoms with van der Waals surface area (Å²) in [6, 6.07) is 15.8. The molecular formula is C44H55NO13. The van der Waals surface area contributed by atoms with Crippen LogP contribution in [0.4, 0.5) is 4.79 Å². The Balaban J connectivity index is 1.46. The second-order valence-corrected chi connectivity index (χ2v) is 18.2. The number of amides is 1. The molecule has 1 aliphatic heterocycles. The molecule has 3 saturated carbocycles. The number of alkyl carbamates (subject to hydrolysis) is 1. The van der Waals surface area contributed by atoms with Crippen molar-refractivity contribution in [1.29, 1.82) is 0 Å². The Morgan fingerprint density at radius 3 is 2.10 bits per heavy atom. The fraction of sp³-hybridized carbons (Fsp3) is 0.591. The van der Waals surface area contributed by atoms with E-state index in [2.05, 4.69) is 5.32 Å². The molecule has 1 saturated heterocycles. The van der Waals surface area contributed by atoms with E-state index >= 15 is 0 Å². The average Bonchev–Trinajstić information content (AvgIpc) is 3.14. The van der Waals surface area contributed by atoms with Crippen LogP contribution in [0.2, 0.25) is 0 Å². The van der Waals surface area contributed by atoms with Crippen molar-refractivity contribution < 1.29 is 62.7 Å². The minimum atomic E-state index is -2.27. The second kappa shape index (κ2) is 15.2. The van der Waals surface area contributed by atoms with Crippen LogP contribution >= 0.6 is 0 Å². The van der Waals surface area contributed by atoms with Gasteiger partial charge in [-0.3, -0.25) is 19.2 Å². The highest BCUT2D eigenvalue weighted by atomic mass is 16.6. The largest absolute Gasteiger partial charge is 0.462 e. The molecule has 2 aromatic carbocycles. The standard InChI is InChI=1S/C44H55NO13/c1-23-28(55-37(50)24(2)32(26-16-12-10-13-17-26)45-39(52)58-40(4,5)6)21-44(53)36(56-38(51)27-18-14-11-15-19-27)34-42(9,35(49)33(48)31(23)41(44,7)8)29(47)20-30-43(34,22-54-30)57-25(3)46/h10-19,23-24,28-32,34,36,47,53H,20-22H2,1-9H3,(H,45,52)/t23?,24-,28+,29+,30-,31?,32-,34?,36+,42-,43+,44-/m1/s1. The van der Waals surface area contributed by atoms with E-state index in [0.717, 1.165) is 0 Å². The summed E-state index contributed by atoms with van der Waals surface area (Å²) < 4.78 is 30.0. The van der Waals surface area contributed by atoms with Crippen LogP contribution in [0, 0.1) is 34.5 Å². The monoisotopic (exact) mass is 805 g/mol. The summed E-state index contributed by atoms with van der Waals surface area (Å²) in [5, 5.41) is 28.1. The summed E-state index contributed by atoms with van der Waals surface area (Å²) in [5.74, 6) is -9.11. The van der Waals surface area contributed by atoms with Crippen molar-refractivity contribution in [2.75, 3.05) is 6.61 Å². The molecule has 314 valence electrons. The number of Topliss-reactive ketones (excluding diaryl/α,β-unsaturated/α-hetero) is 2. The number of esters is 3. The Labute approximate surface area is 338 Å². The van der Waals surface area contributed by atoms with E-state index in [-0.39, 0.29) is 18.6 Å². The molecule has 1 amide bonds. The van der Waals surface area contributed by atoms with E-state index in [1.54, 1.807) is 97.0 Å². The quantitative estimate of drug-likeness (QED) is 0.189. The maximum atomic E-state index is 14.9. The number of aliphatic hydroxyl groups is 2. The zero-order chi connectivity index (χ0) is 42.7. The third-order valence-corrected chi connectivity index (χ3v) is 13.2. The van der Waals surface area contributed by atoms with Crippen molar-refractivity contribution in [1.82, 2.24) is 5.32 Å². The number of carbonyl (C=O) groups excluding carboxylic acids is 6. The van der Waals surface area contributed by atoms with E-state index < -0.39 is 124 Å². The lowest BCUT2D eigenvalue weighted by molar-refractivity contribution is -0.350. The molecule has 0 radical (unpaired) electrons. The van der Waals surface area contributed by atoms with Gasteiger partial charge in [0.05, 0.1) is 41.6 Å². The van der Waals surface area contributed by atoms with Gasteiger partial charge in [0, 0.05) is 37.0 Å². The summed E-state index contributed by atoms with van der Waals surface area (Å²) in [4.78, 5) is 84.1. The molecule has 1 heterocycles. The maximum Gasteiger partial charge on any atom is 0.408 e. The van der Waals surface area contributed by atoms with Crippen molar-refractivity contribution in [3.63, 3.8) is 0 Å². The van der Waals surface area contributed by atoms with Crippen molar-refractivity contribution in [3.8, 4) is 0 Å². The van der Waals surface area contributed by atoms with E-state index in [9.17, 15) is 39.0 Å². The number of fused-ring (bicyclic) bond motifs is 5. The van der Waals surface area contributed by atoms with Gasteiger partial charge in [-0.1, -0.05) is 69.3 Å². The summed E-state index contributed by atoms with van der Waals surface area (Å²) in [6.07, 6.45) is -6.85. The molecule has 12 atom stereocenters. The molecule has 3 aliphatic carbocycles. The second-order valence-electron chi connectivity index (χ2n) is 18.2. The third-order valence-electron chi connectivity index (χ3n) is 13.2. The zero-order valence-electron chi connectivity index (χ0n) is 34.5.